The van der Waals surface area contributed by atoms with Crippen molar-refractivity contribution in [2.24, 2.45) is 5.92 Å². The van der Waals surface area contributed by atoms with Gasteiger partial charge in [0.1, 0.15) is 0 Å². The molecule has 2 aromatic carbocycles. The summed E-state index contributed by atoms with van der Waals surface area (Å²) in [4.78, 5) is 15.9. The number of carbonyl (C=O) groups excluding carboxylic acids is 1. The average Bonchev–Trinajstić information content (AvgIpc) is 3.14. The molecule has 0 spiro atoms. The summed E-state index contributed by atoms with van der Waals surface area (Å²) in [7, 11) is 0. The number of hydrogen-bond donors (Lipinski definition) is 1. The second-order valence-electron chi connectivity index (χ2n) is 7.57. The summed E-state index contributed by atoms with van der Waals surface area (Å²) < 4.78 is 2.04. The first kappa shape index (κ1) is 18.8. The molecule has 3 aliphatic heterocycles. The van der Waals surface area contributed by atoms with Gasteiger partial charge in [0.05, 0.1) is 11.6 Å². The molecule has 2 amide bonds. The molecule has 6 heteroatoms. The number of benzene rings is 2. The zero-order valence-corrected chi connectivity index (χ0v) is 16.5. The minimum atomic E-state index is -0.0682. The predicted octanol–water partition coefficient (Wildman–Crippen LogP) is 4.33. The molecule has 0 radical (unpaired) electrons. The summed E-state index contributed by atoms with van der Waals surface area (Å²) in [6.45, 7) is 3.25. The zero-order chi connectivity index (χ0) is 18.2. The van der Waals surface area contributed by atoms with E-state index in [2.05, 4.69) is 28.4 Å². The molecule has 1 aromatic heterocycles. The van der Waals surface area contributed by atoms with Crippen molar-refractivity contribution in [3.8, 4) is 0 Å². The van der Waals surface area contributed by atoms with Crippen LogP contribution in [0, 0.1) is 5.92 Å². The zero-order valence-electron chi connectivity index (χ0n) is 15.7. The Hall–Kier alpha value is -2.50. The molecule has 4 heterocycles. The maximum Gasteiger partial charge on any atom is 0.341 e. The second kappa shape index (κ2) is 7.86. The van der Waals surface area contributed by atoms with Gasteiger partial charge < -0.3 is 10.2 Å². The van der Waals surface area contributed by atoms with E-state index in [1.54, 1.807) is 0 Å². The van der Waals surface area contributed by atoms with E-state index >= 15 is 0 Å². The maximum atomic E-state index is 13.4. The van der Waals surface area contributed by atoms with Crippen molar-refractivity contribution in [2.75, 3.05) is 30.0 Å². The van der Waals surface area contributed by atoms with Gasteiger partial charge in [-0.2, -0.15) is 0 Å². The van der Waals surface area contributed by atoms with Crippen LogP contribution >= 0.6 is 12.4 Å². The summed E-state index contributed by atoms with van der Waals surface area (Å²) in [6.07, 6.45) is 4.35. The lowest BCUT2D eigenvalue weighted by atomic mass is 9.84. The lowest BCUT2D eigenvalue weighted by Gasteiger charge is -2.48. The smallest absolute Gasteiger partial charge is 0.306 e. The number of urea groups is 1. The number of nitrogens with one attached hydrogen (secondary N) is 1. The molecular weight excluding hydrogens is 372 g/mol. The van der Waals surface area contributed by atoms with Gasteiger partial charge in [-0.15, -0.1) is 12.4 Å². The summed E-state index contributed by atoms with van der Waals surface area (Å²) in [6, 6.07) is 20.2. The number of halogens is 1. The largest absolute Gasteiger partial charge is 0.341 e. The molecule has 5 nitrogen and oxygen atoms in total. The van der Waals surface area contributed by atoms with Gasteiger partial charge in [0, 0.05) is 23.8 Å². The highest BCUT2D eigenvalue weighted by molar-refractivity contribution is 5.98. The van der Waals surface area contributed by atoms with Gasteiger partial charge in [-0.05, 0) is 56.1 Å². The number of rotatable bonds is 3. The summed E-state index contributed by atoms with van der Waals surface area (Å²) in [5.74, 6) is 0.553. The molecule has 6 rings (SSSR count). The SMILES string of the molecule is Cl.O=C(Nc1ccccc1)N(C1CN2CCC1CC2)n1ccc2ccccc21. The second-order valence-corrected chi connectivity index (χ2v) is 7.57. The van der Waals surface area contributed by atoms with Crippen molar-refractivity contribution in [2.45, 2.75) is 18.9 Å². The first-order valence-electron chi connectivity index (χ1n) is 9.73. The predicted molar refractivity (Wildman–Crippen MR) is 116 cm³/mol. The number of fused-ring (bicyclic) bond motifs is 4. The lowest BCUT2D eigenvalue weighted by molar-refractivity contribution is 0.0800. The number of para-hydroxylation sites is 2. The summed E-state index contributed by atoms with van der Waals surface area (Å²) in [5, 5.41) is 6.20. The monoisotopic (exact) mass is 396 g/mol. The Labute approximate surface area is 171 Å². The third kappa shape index (κ3) is 3.36. The number of nitrogens with zero attached hydrogens (tertiary/aromatic N) is 3. The third-order valence-corrected chi connectivity index (χ3v) is 5.98. The van der Waals surface area contributed by atoms with Crippen LogP contribution in [0.2, 0.25) is 0 Å². The number of anilines is 1. The van der Waals surface area contributed by atoms with E-state index in [1.807, 2.05) is 58.3 Å². The van der Waals surface area contributed by atoms with Crippen molar-refractivity contribution < 1.29 is 4.79 Å². The van der Waals surface area contributed by atoms with Gasteiger partial charge in [0.25, 0.3) is 0 Å². The van der Waals surface area contributed by atoms with Crippen LogP contribution in [-0.2, 0) is 0 Å². The van der Waals surface area contributed by atoms with Crippen molar-refractivity contribution in [1.82, 2.24) is 9.58 Å². The van der Waals surface area contributed by atoms with Gasteiger partial charge in [0.15, 0.2) is 0 Å². The number of carbonyl (C=O) groups is 1. The molecule has 3 aliphatic rings. The lowest BCUT2D eigenvalue weighted by Crippen LogP contribution is -2.62. The quantitative estimate of drug-likeness (QED) is 0.715. The van der Waals surface area contributed by atoms with E-state index in [0.717, 1.165) is 36.2 Å². The first-order valence-corrected chi connectivity index (χ1v) is 9.73. The van der Waals surface area contributed by atoms with E-state index in [0.29, 0.717) is 5.92 Å². The fraction of sp³-hybridized carbons (Fsp3) is 0.318. The minimum absolute atomic E-state index is 0. The Morgan fingerprint density at radius 3 is 2.39 bits per heavy atom. The molecule has 0 aliphatic carbocycles. The standard InChI is InChI=1S/C22H24N4O.ClH/c27-22(23-19-7-2-1-3-8-19)26(21-16-24-13-10-18(21)11-14-24)25-15-12-17-6-4-5-9-20(17)25;/h1-9,12,15,18,21H,10-11,13-14,16H2,(H,23,27);1H. The van der Waals surface area contributed by atoms with Crippen molar-refractivity contribution >= 4 is 35.0 Å². The third-order valence-electron chi connectivity index (χ3n) is 5.98. The van der Waals surface area contributed by atoms with Crippen molar-refractivity contribution in [3.05, 3.63) is 66.9 Å². The summed E-state index contributed by atoms with van der Waals surface area (Å²) >= 11 is 0. The van der Waals surface area contributed by atoms with E-state index in [-0.39, 0.29) is 24.5 Å². The number of aromatic nitrogens is 1. The Balaban J connectivity index is 0.00000192. The molecule has 1 N–H and O–H groups in total. The van der Waals surface area contributed by atoms with Crippen LogP contribution in [-0.4, -0.2) is 41.3 Å². The first-order chi connectivity index (χ1) is 13.3. The van der Waals surface area contributed by atoms with E-state index in [9.17, 15) is 4.79 Å². The highest BCUT2D eigenvalue weighted by Crippen LogP contribution is 2.32. The molecule has 3 aromatic rings. The van der Waals surface area contributed by atoms with Crippen LogP contribution in [0.25, 0.3) is 10.9 Å². The van der Waals surface area contributed by atoms with Gasteiger partial charge >= 0.3 is 6.03 Å². The molecule has 0 saturated carbocycles. The van der Waals surface area contributed by atoms with E-state index in [4.69, 9.17) is 0 Å². The fourth-order valence-electron chi connectivity index (χ4n) is 4.58. The van der Waals surface area contributed by atoms with E-state index in [1.165, 1.54) is 12.8 Å². The number of hydrogen-bond acceptors (Lipinski definition) is 2. The molecule has 2 bridgehead atoms. The van der Waals surface area contributed by atoms with Gasteiger partial charge in [-0.25, -0.2) is 9.80 Å². The van der Waals surface area contributed by atoms with Gasteiger partial charge in [-0.3, -0.25) is 4.68 Å². The van der Waals surface area contributed by atoms with Crippen molar-refractivity contribution in [1.29, 1.82) is 0 Å². The van der Waals surface area contributed by atoms with Crippen LogP contribution < -0.4 is 10.3 Å². The number of amides is 2. The normalized spacial score (nSPS) is 23.2. The molecule has 146 valence electrons. The van der Waals surface area contributed by atoms with Crippen LogP contribution in [0.4, 0.5) is 10.5 Å². The van der Waals surface area contributed by atoms with Gasteiger partial charge in [0.2, 0.25) is 0 Å². The maximum absolute atomic E-state index is 13.4. The fourth-order valence-corrected chi connectivity index (χ4v) is 4.58. The number of piperidine rings is 3. The van der Waals surface area contributed by atoms with Gasteiger partial charge in [-0.1, -0.05) is 36.4 Å². The molecule has 3 fully saturated rings. The molecule has 28 heavy (non-hydrogen) atoms. The van der Waals surface area contributed by atoms with Crippen LogP contribution in [0.1, 0.15) is 12.8 Å². The Morgan fingerprint density at radius 1 is 0.964 bits per heavy atom. The highest BCUT2D eigenvalue weighted by Gasteiger charge is 2.40. The Bertz CT molecular complexity index is 949. The Morgan fingerprint density at radius 2 is 1.68 bits per heavy atom. The highest BCUT2D eigenvalue weighted by atomic mass is 35.5. The average molecular weight is 397 g/mol. The van der Waals surface area contributed by atoms with Crippen LogP contribution in [0.3, 0.4) is 0 Å². The van der Waals surface area contributed by atoms with Crippen LogP contribution in [0.15, 0.2) is 66.9 Å². The molecular formula is C22H25ClN4O. The van der Waals surface area contributed by atoms with E-state index < -0.39 is 0 Å². The van der Waals surface area contributed by atoms with Crippen LogP contribution in [0.5, 0.6) is 0 Å². The molecule has 3 saturated heterocycles. The molecule has 1 unspecified atom stereocenters. The summed E-state index contributed by atoms with van der Waals surface area (Å²) in [5.41, 5.74) is 1.89. The molecule has 1 atom stereocenters. The van der Waals surface area contributed by atoms with Crippen molar-refractivity contribution in [3.63, 3.8) is 0 Å². The Kier molecular flexibility index (Phi) is 5.29. The topological polar surface area (TPSA) is 40.5 Å². The minimum Gasteiger partial charge on any atom is -0.306 e.